The summed E-state index contributed by atoms with van der Waals surface area (Å²) >= 11 is 3.28. The van der Waals surface area contributed by atoms with Gasteiger partial charge in [-0.2, -0.15) is 0 Å². The van der Waals surface area contributed by atoms with Gasteiger partial charge in [0.2, 0.25) is 5.91 Å². The lowest BCUT2D eigenvalue weighted by molar-refractivity contribution is -0.116. The van der Waals surface area contributed by atoms with Crippen LogP contribution in [-0.4, -0.2) is 23.0 Å². The van der Waals surface area contributed by atoms with Crippen LogP contribution in [0.15, 0.2) is 22.7 Å². The Morgan fingerprint density at radius 1 is 1.47 bits per heavy atom. The van der Waals surface area contributed by atoms with Crippen molar-refractivity contribution in [3.05, 3.63) is 28.2 Å². The number of amides is 1. The molecule has 0 bridgehead atoms. The number of hydrogen-bond acceptors (Lipinski definition) is 3. The van der Waals surface area contributed by atoms with E-state index in [-0.39, 0.29) is 23.9 Å². The lowest BCUT2D eigenvalue weighted by atomic mass is 10.1. The molecule has 1 aromatic carbocycles. The van der Waals surface area contributed by atoms with E-state index >= 15 is 0 Å². The average molecular weight is 327 g/mol. The van der Waals surface area contributed by atoms with Gasteiger partial charge in [0.15, 0.2) is 0 Å². The van der Waals surface area contributed by atoms with Crippen molar-refractivity contribution < 1.29 is 14.7 Å². The van der Waals surface area contributed by atoms with Gasteiger partial charge in [-0.1, -0.05) is 0 Å². The summed E-state index contributed by atoms with van der Waals surface area (Å²) in [5.74, 6) is -0.764. The van der Waals surface area contributed by atoms with E-state index in [1.165, 1.54) is 12.1 Å². The van der Waals surface area contributed by atoms with Gasteiger partial charge < -0.3 is 16.2 Å². The van der Waals surface area contributed by atoms with Crippen LogP contribution in [0.2, 0.25) is 0 Å². The van der Waals surface area contributed by atoms with Gasteiger partial charge in [-0.25, -0.2) is 4.79 Å². The third-order valence-electron chi connectivity index (χ3n) is 3.14. The van der Waals surface area contributed by atoms with Crippen molar-refractivity contribution in [3.63, 3.8) is 0 Å². The molecule has 1 fully saturated rings. The minimum absolute atomic E-state index is 0.110. The molecule has 1 aliphatic rings. The van der Waals surface area contributed by atoms with Crippen LogP contribution in [0.3, 0.4) is 0 Å². The highest BCUT2D eigenvalue weighted by Crippen LogP contribution is 2.33. The first-order chi connectivity index (χ1) is 8.97. The van der Waals surface area contributed by atoms with Crippen LogP contribution in [0.25, 0.3) is 0 Å². The number of nitrogens with one attached hydrogen (secondary N) is 1. The SMILES string of the molecule is NC(CC(=O)Nc1cc(C(=O)O)ccc1Br)C1CC1. The summed E-state index contributed by atoms with van der Waals surface area (Å²) < 4.78 is 0.644. The maximum absolute atomic E-state index is 11.8. The fraction of sp³-hybridized carbons (Fsp3) is 0.385. The molecule has 1 unspecified atom stereocenters. The number of benzene rings is 1. The monoisotopic (exact) mass is 326 g/mol. The molecule has 1 atom stereocenters. The summed E-state index contributed by atoms with van der Waals surface area (Å²) in [6, 6.07) is 4.38. The summed E-state index contributed by atoms with van der Waals surface area (Å²) in [4.78, 5) is 22.7. The van der Waals surface area contributed by atoms with Gasteiger partial charge in [-0.05, 0) is 52.9 Å². The van der Waals surface area contributed by atoms with Gasteiger partial charge in [-0.15, -0.1) is 0 Å². The van der Waals surface area contributed by atoms with E-state index < -0.39 is 5.97 Å². The van der Waals surface area contributed by atoms with Crippen LogP contribution < -0.4 is 11.1 Å². The number of anilines is 1. The highest BCUT2D eigenvalue weighted by atomic mass is 79.9. The Bertz CT molecular complexity index is 515. The van der Waals surface area contributed by atoms with Gasteiger partial charge in [-0.3, -0.25) is 4.79 Å². The quantitative estimate of drug-likeness (QED) is 0.773. The largest absolute Gasteiger partial charge is 0.478 e. The number of aromatic carboxylic acids is 1. The lowest BCUT2D eigenvalue weighted by Crippen LogP contribution is -2.29. The molecule has 19 heavy (non-hydrogen) atoms. The standard InChI is InChI=1S/C13H15BrN2O3/c14-9-4-3-8(13(18)19)5-11(9)16-12(17)6-10(15)7-1-2-7/h3-5,7,10H,1-2,6,15H2,(H,16,17)(H,18,19). The van der Waals surface area contributed by atoms with Gasteiger partial charge >= 0.3 is 5.97 Å². The second kappa shape index (κ2) is 5.71. The Morgan fingerprint density at radius 2 is 2.16 bits per heavy atom. The topological polar surface area (TPSA) is 92.4 Å². The van der Waals surface area contributed by atoms with Crippen LogP contribution in [0, 0.1) is 5.92 Å². The van der Waals surface area contributed by atoms with E-state index in [4.69, 9.17) is 10.8 Å². The van der Waals surface area contributed by atoms with E-state index in [9.17, 15) is 9.59 Å². The van der Waals surface area contributed by atoms with Crippen molar-refractivity contribution in [1.82, 2.24) is 0 Å². The number of hydrogen-bond donors (Lipinski definition) is 3. The van der Waals surface area contributed by atoms with E-state index in [0.29, 0.717) is 16.1 Å². The number of carbonyl (C=O) groups excluding carboxylic acids is 1. The number of carboxylic acids is 1. The molecular weight excluding hydrogens is 312 g/mol. The summed E-state index contributed by atoms with van der Waals surface area (Å²) in [7, 11) is 0. The van der Waals surface area contributed by atoms with Crippen LogP contribution in [0.5, 0.6) is 0 Å². The van der Waals surface area contributed by atoms with Gasteiger partial charge in [0.05, 0.1) is 11.3 Å². The summed E-state index contributed by atoms with van der Waals surface area (Å²) in [5.41, 5.74) is 6.46. The molecule has 102 valence electrons. The van der Waals surface area contributed by atoms with Gasteiger partial charge in [0, 0.05) is 16.9 Å². The molecule has 0 spiro atoms. The van der Waals surface area contributed by atoms with Crippen molar-refractivity contribution in [2.75, 3.05) is 5.32 Å². The van der Waals surface area contributed by atoms with Crippen LogP contribution in [-0.2, 0) is 4.79 Å². The summed E-state index contributed by atoms with van der Waals surface area (Å²) in [6.07, 6.45) is 2.44. The molecule has 0 aromatic heterocycles. The third-order valence-corrected chi connectivity index (χ3v) is 3.83. The second-order valence-corrected chi connectivity index (χ2v) is 5.61. The second-order valence-electron chi connectivity index (χ2n) is 4.75. The van der Waals surface area contributed by atoms with Crippen LogP contribution in [0.1, 0.15) is 29.6 Å². The van der Waals surface area contributed by atoms with Crippen molar-refractivity contribution >= 4 is 33.5 Å². The Balaban J connectivity index is 2.02. The first-order valence-electron chi connectivity index (χ1n) is 6.05. The Kier molecular flexibility index (Phi) is 4.21. The van der Waals surface area contributed by atoms with Crippen molar-refractivity contribution in [2.45, 2.75) is 25.3 Å². The zero-order valence-corrected chi connectivity index (χ0v) is 11.8. The molecule has 0 heterocycles. The number of carbonyl (C=O) groups is 2. The minimum atomic E-state index is -1.03. The summed E-state index contributed by atoms with van der Waals surface area (Å²) in [6.45, 7) is 0. The molecule has 0 aliphatic heterocycles. The van der Waals surface area contributed by atoms with Crippen LogP contribution >= 0.6 is 15.9 Å². The smallest absolute Gasteiger partial charge is 0.335 e. The summed E-state index contributed by atoms with van der Waals surface area (Å²) in [5, 5.41) is 11.6. The molecule has 1 aromatic rings. The molecule has 2 rings (SSSR count). The highest BCUT2D eigenvalue weighted by molar-refractivity contribution is 9.10. The number of halogens is 1. The fourth-order valence-electron chi connectivity index (χ4n) is 1.86. The lowest BCUT2D eigenvalue weighted by Gasteiger charge is -2.12. The predicted molar refractivity (Wildman–Crippen MR) is 75.0 cm³/mol. The number of nitrogens with two attached hydrogens (primary N) is 1. The molecule has 4 N–H and O–H groups in total. The van der Waals surface area contributed by atoms with E-state index in [1.807, 2.05) is 0 Å². The maximum Gasteiger partial charge on any atom is 0.335 e. The molecule has 1 aliphatic carbocycles. The zero-order valence-electron chi connectivity index (χ0n) is 10.2. The highest BCUT2D eigenvalue weighted by Gasteiger charge is 2.29. The van der Waals surface area contributed by atoms with Crippen molar-refractivity contribution in [2.24, 2.45) is 11.7 Å². The van der Waals surface area contributed by atoms with Crippen LogP contribution in [0.4, 0.5) is 5.69 Å². The Hall–Kier alpha value is -1.40. The first kappa shape index (κ1) is 14.0. The Labute approximate surface area is 119 Å². The zero-order chi connectivity index (χ0) is 14.0. The normalized spacial score (nSPS) is 15.9. The van der Waals surface area contributed by atoms with Gasteiger partial charge in [0.1, 0.15) is 0 Å². The molecule has 5 nitrogen and oxygen atoms in total. The molecule has 0 radical (unpaired) electrons. The molecule has 6 heteroatoms. The number of carboxylic acid groups (broad SMARTS) is 1. The predicted octanol–water partition coefficient (Wildman–Crippen LogP) is 2.21. The average Bonchev–Trinajstić information content (AvgIpc) is 3.15. The van der Waals surface area contributed by atoms with Crippen molar-refractivity contribution in [3.8, 4) is 0 Å². The fourth-order valence-corrected chi connectivity index (χ4v) is 2.21. The Morgan fingerprint density at radius 3 is 2.74 bits per heavy atom. The van der Waals surface area contributed by atoms with E-state index in [1.54, 1.807) is 6.07 Å². The molecule has 1 saturated carbocycles. The van der Waals surface area contributed by atoms with Gasteiger partial charge in [0.25, 0.3) is 0 Å². The third kappa shape index (κ3) is 3.78. The first-order valence-corrected chi connectivity index (χ1v) is 6.85. The molecule has 1 amide bonds. The molecular formula is C13H15BrN2O3. The van der Waals surface area contributed by atoms with E-state index in [0.717, 1.165) is 12.8 Å². The molecule has 0 saturated heterocycles. The minimum Gasteiger partial charge on any atom is -0.478 e. The number of rotatable bonds is 5. The maximum atomic E-state index is 11.8. The van der Waals surface area contributed by atoms with Crippen molar-refractivity contribution in [1.29, 1.82) is 0 Å². The van der Waals surface area contributed by atoms with E-state index in [2.05, 4.69) is 21.2 Å².